The SMILES string of the molecule is C=C(C)C(=O)OCCC1C(N(C=Cc2ccccc2)C(=O)O)CCS1(=O)=O. The van der Waals surface area contributed by atoms with Gasteiger partial charge in [-0.25, -0.2) is 18.0 Å². The molecule has 2 unspecified atom stereocenters. The lowest BCUT2D eigenvalue weighted by atomic mass is 10.1. The van der Waals surface area contributed by atoms with E-state index in [1.807, 2.05) is 30.3 Å². The van der Waals surface area contributed by atoms with E-state index in [2.05, 4.69) is 6.58 Å². The third-order valence-electron chi connectivity index (χ3n) is 4.38. The molecule has 2 rings (SSSR count). The van der Waals surface area contributed by atoms with Gasteiger partial charge in [-0.05, 0) is 25.0 Å². The monoisotopic (exact) mass is 393 g/mol. The summed E-state index contributed by atoms with van der Waals surface area (Å²) in [6.07, 6.45) is 2.02. The molecule has 0 aliphatic carbocycles. The molecule has 27 heavy (non-hydrogen) atoms. The standard InChI is InChI=1S/C19H23NO6S/c1-14(2)18(21)26-12-9-17-16(10-13-27(17,24)25)20(19(22)23)11-8-15-6-4-3-5-7-15/h3-8,11,16-17H,1,9-10,12-13H2,2H3,(H,22,23). The number of benzene rings is 1. The average molecular weight is 393 g/mol. The van der Waals surface area contributed by atoms with E-state index in [0.29, 0.717) is 0 Å². The van der Waals surface area contributed by atoms with Gasteiger partial charge in [0.15, 0.2) is 9.84 Å². The fraction of sp³-hybridized carbons (Fsp3) is 0.368. The van der Waals surface area contributed by atoms with E-state index in [1.54, 1.807) is 6.08 Å². The van der Waals surface area contributed by atoms with Crippen molar-refractivity contribution in [2.45, 2.75) is 31.1 Å². The van der Waals surface area contributed by atoms with Gasteiger partial charge in [-0.3, -0.25) is 4.90 Å². The van der Waals surface area contributed by atoms with Crippen molar-refractivity contribution in [1.29, 1.82) is 0 Å². The molecule has 2 atom stereocenters. The molecule has 1 aliphatic heterocycles. The van der Waals surface area contributed by atoms with E-state index in [0.717, 1.165) is 10.5 Å². The van der Waals surface area contributed by atoms with Crippen molar-refractivity contribution in [3.8, 4) is 0 Å². The van der Waals surface area contributed by atoms with E-state index < -0.39 is 33.2 Å². The molecular weight excluding hydrogens is 370 g/mol. The summed E-state index contributed by atoms with van der Waals surface area (Å²) < 4.78 is 29.8. The fourth-order valence-electron chi connectivity index (χ4n) is 2.99. The molecule has 1 heterocycles. The summed E-state index contributed by atoms with van der Waals surface area (Å²) in [7, 11) is -3.47. The molecule has 1 N–H and O–H groups in total. The third-order valence-corrected chi connectivity index (χ3v) is 6.66. The second kappa shape index (κ2) is 8.85. The van der Waals surface area contributed by atoms with Crippen LogP contribution in [0.25, 0.3) is 6.08 Å². The number of carboxylic acid groups (broad SMARTS) is 1. The predicted octanol–water partition coefficient (Wildman–Crippen LogP) is 2.70. The van der Waals surface area contributed by atoms with Crippen LogP contribution in [-0.4, -0.2) is 54.1 Å². The first-order valence-corrected chi connectivity index (χ1v) is 10.2. The molecule has 0 saturated carbocycles. The normalized spacial score (nSPS) is 21.1. The molecule has 0 bridgehead atoms. The van der Waals surface area contributed by atoms with Gasteiger partial charge in [0.25, 0.3) is 0 Å². The molecule has 8 heteroatoms. The predicted molar refractivity (Wildman–Crippen MR) is 102 cm³/mol. The number of nitrogens with zero attached hydrogens (tertiary/aromatic N) is 1. The second-order valence-corrected chi connectivity index (χ2v) is 8.72. The minimum Gasteiger partial charge on any atom is -0.465 e. The Balaban J connectivity index is 2.15. The first kappa shape index (κ1) is 20.7. The maximum Gasteiger partial charge on any atom is 0.411 e. The lowest BCUT2D eigenvalue weighted by Gasteiger charge is -2.27. The first-order valence-electron chi connectivity index (χ1n) is 8.51. The van der Waals surface area contributed by atoms with Gasteiger partial charge < -0.3 is 9.84 Å². The number of rotatable bonds is 7. The highest BCUT2D eigenvalue weighted by atomic mass is 32.2. The van der Waals surface area contributed by atoms with Crippen molar-refractivity contribution in [3.63, 3.8) is 0 Å². The number of hydrogen-bond acceptors (Lipinski definition) is 5. The maximum atomic E-state index is 12.4. The van der Waals surface area contributed by atoms with Crippen LogP contribution in [0.1, 0.15) is 25.3 Å². The molecule has 1 saturated heterocycles. The van der Waals surface area contributed by atoms with Gasteiger partial charge in [0, 0.05) is 18.2 Å². The van der Waals surface area contributed by atoms with Gasteiger partial charge in [-0.2, -0.15) is 0 Å². The first-order chi connectivity index (χ1) is 12.7. The summed E-state index contributed by atoms with van der Waals surface area (Å²) in [5, 5.41) is 8.64. The van der Waals surface area contributed by atoms with Gasteiger partial charge >= 0.3 is 12.1 Å². The number of esters is 1. The lowest BCUT2D eigenvalue weighted by molar-refractivity contribution is -0.139. The Morgan fingerprint density at radius 2 is 2.00 bits per heavy atom. The molecule has 1 aromatic rings. The molecule has 0 spiro atoms. The summed E-state index contributed by atoms with van der Waals surface area (Å²) in [6, 6.07) is 8.40. The number of ether oxygens (including phenoxy) is 1. The summed E-state index contributed by atoms with van der Waals surface area (Å²) in [6.45, 7) is 4.85. The highest BCUT2D eigenvalue weighted by Crippen LogP contribution is 2.29. The van der Waals surface area contributed by atoms with Crippen LogP contribution in [0.4, 0.5) is 4.79 Å². The molecule has 146 valence electrons. The Kier molecular flexibility index (Phi) is 6.79. The van der Waals surface area contributed by atoms with Crippen LogP contribution in [-0.2, 0) is 19.4 Å². The Hall–Kier alpha value is -2.61. The van der Waals surface area contributed by atoms with E-state index >= 15 is 0 Å². The summed E-state index contributed by atoms with van der Waals surface area (Å²) in [5.41, 5.74) is 1.02. The number of amides is 1. The number of carbonyl (C=O) groups is 2. The molecule has 0 radical (unpaired) electrons. The highest BCUT2D eigenvalue weighted by molar-refractivity contribution is 7.92. The lowest BCUT2D eigenvalue weighted by Crippen LogP contribution is -2.42. The van der Waals surface area contributed by atoms with Gasteiger partial charge in [0.05, 0.1) is 23.7 Å². The van der Waals surface area contributed by atoms with Crippen LogP contribution in [0.3, 0.4) is 0 Å². The van der Waals surface area contributed by atoms with Crippen LogP contribution >= 0.6 is 0 Å². The molecule has 7 nitrogen and oxygen atoms in total. The minimum absolute atomic E-state index is 0.0367. The van der Waals surface area contributed by atoms with Crippen LogP contribution in [0, 0.1) is 0 Å². The van der Waals surface area contributed by atoms with E-state index in [1.165, 1.54) is 13.1 Å². The number of hydrogen-bond donors (Lipinski definition) is 1. The Bertz CT molecular complexity index is 831. The van der Waals surface area contributed by atoms with Gasteiger partial charge in [-0.15, -0.1) is 0 Å². The van der Waals surface area contributed by atoms with Gasteiger partial charge in [0.1, 0.15) is 0 Å². The van der Waals surface area contributed by atoms with Crippen LogP contribution < -0.4 is 0 Å². The Labute approximate surface area is 158 Å². The van der Waals surface area contributed by atoms with Crippen molar-refractivity contribution in [3.05, 3.63) is 54.2 Å². The van der Waals surface area contributed by atoms with Gasteiger partial charge in [-0.1, -0.05) is 36.9 Å². The maximum absolute atomic E-state index is 12.4. The van der Waals surface area contributed by atoms with Crippen LogP contribution in [0.2, 0.25) is 0 Å². The zero-order valence-electron chi connectivity index (χ0n) is 15.1. The van der Waals surface area contributed by atoms with Crippen molar-refractivity contribution >= 4 is 28.0 Å². The second-order valence-electron chi connectivity index (χ2n) is 6.38. The van der Waals surface area contributed by atoms with E-state index in [9.17, 15) is 23.1 Å². The molecular formula is C19H23NO6S. The number of carbonyl (C=O) groups excluding carboxylic acids is 1. The summed E-state index contributed by atoms with van der Waals surface area (Å²) in [4.78, 5) is 24.2. The molecule has 0 aromatic heterocycles. The molecule has 1 fully saturated rings. The van der Waals surface area contributed by atoms with E-state index in [4.69, 9.17) is 4.74 Å². The zero-order valence-corrected chi connectivity index (χ0v) is 15.9. The van der Waals surface area contributed by atoms with Gasteiger partial charge in [0.2, 0.25) is 0 Å². The summed E-state index contributed by atoms with van der Waals surface area (Å²) >= 11 is 0. The largest absolute Gasteiger partial charge is 0.465 e. The third kappa shape index (κ3) is 5.43. The molecule has 1 aromatic carbocycles. The van der Waals surface area contributed by atoms with Crippen molar-refractivity contribution < 1.29 is 27.9 Å². The van der Waals surface area contributed by atoms with Crippen LogP contribution in [0.15, 0.2) is 48.7 Å². The highest BCUT2D eigenvalue weighted by Gasteiger charge is 2.44. The van der Waals surface area contributed by atoms with E-state index in [-0.39, 0.29) is 30.8 Å². The van der Waals surface area contributed by atoms with Crippen molar-refractivity contribution in [2.24, 2.45) is 0 Å². The topological polar surface area (TPSA) is 101 Å². The Morgan fingerprint density at radius 3 is 2.59 bits per heavy atom. The molecule has 1 amide bonds. The molecule has 1 aliphatic rings. The van der Waals surface area contributed by atoms with Crippen molar-refractivity contribution in [2.75, 3.05) is 12.4 Å². The quantitative estimate of drug-likeness (QED) is 0.565. The smallest absolute Gasteiger partial charge is 0.411 e. The van der Waals surface area contributed by atoms with Crippen molar-refractivity contribution in [1.82, 2.24) is 4.90 Å². The summed E-state index contributed by atoms with van der Waals surface area (Å²) in [5.74, 6) is -0.694. The number of sulfone groups is 1. The fourth-order valence-corrected chi connectivity index (χ4v) is 5.06. The average Bonchev–Trinajstić information content (AvgIpc) is 2.90. The zero-order chi connectivity index (χ0) is 20.0. The van der Waals surface area contributed by atoms with Crippen LogP contribution in [0.5, 0.6) is 0 Å². The Morgan fingerprint density at radius 1 is 1.33 bits per heavy atom. The minimum atomic E-state index is -3.47.